The molecule has 1 amide bonds. The van der Waals surface area contributed by atoms with Crippen LogP contribution in [0.2, 0.25) is 0 Å². The summed E-state index contributed by atoms with van der Waals surface area (Å²) in [6.07, 6.45) is 39.2. The summed E-state index contributed by atoms with van der Waals surface area (Å²) in [5.41, 5.74) is 0. The topological polar surface area (TPSA) is 110 Å². The van der Waals surface area contributed by atoms with Gasteiger partial charge in [-0.1, -0.05) is 146 Å². The van der Waals surface area contributed by atoms with Crippen molar-refractivity contribution in [1.29, 1.82) is 0 Å². The van der Waals surface area contributed by atoms with Crippen LogP contribution in [0, 0.1) is 0 Å². The molecular formula is C40H75NO5. The van der Waals surface area contributed by atoms with Crippen molar-refractivity contribution in [3.05, 3.63) is 36.5 Å². The molecule has 4 atom stereocenters. The smallest absolute Gasteiger partial charge is 0.249 e. The number of allylic oxidation sites excluding steroid dienone is 6. The van der Waals surface area contributed by atoms with Crippen molar-refractivity contribution >= 4 is 5.91 Å². The van der Waals surface area contributed by atoms with Crippen molar-refractivity contribution in [2.45, 2.75) is 205 Å². The van der Waals surface area contributed by atoms with Crippen molar-refractivity contribution in [1.82, 2.24) is 5.32 Å². The first-order valence-electron chi connectivity index (χ1n) is 19.3. The number of aliphatic hydroxyl groups is 4. The summed E-state index contributed by atoms with van der Waals surface area (Å²) in [4.78, 5) is 12.4. The van der Waals surface area contributed by atoms with Gasteiger partial charge < -0.3 is 25.7 Å². The van der Waals surface area contributed by atoms with Crippen LogP contribution in [0.3, 0.4) is 0 Å². The van der Waals surface area contributed by atoms with E-state index in [2.05, 4.69) is 42.6 Å². The van der Waals surface area contributed by atoms with Gasteiger partial charge in [-0.2, -0.15) is 0 Å². The van der Waals surface area contributed by atoms with Gasteiger partial charge in [0.2, 0.25) is 5.91 Å². The lowest BCUT2D eigenvalue weighted by atomic mass is 10.00. The van der Waals surface area contributed by atoms with Gasteiger partial charge in [-0.05, 0) is 71.1 Å². The normalized spacial score (nSPS) is 14.8. The highest BCUT2D eigenvalue weighted by atomic mass is 16.3. The quantitative estimate of drug-likeness (QED) is 0.0352. The zero-order chi connectivity index (χ0) is 33.9. The molecule has 4 unspecified atom stereocenters. The number of rotatable bonds is 34. The van der Waals surface area contributed by atoms with Gasteiger partial charge in [0, 0.05) is 0 Å². The van der Waals surface area contributed by atoms with Crippen LogP contribution in [-0.2, 0) is 4.79 Å². The molecule has 0 aromatic carbocycles. The van der Waals surface area contributed by atoms with Crippen molar-refractivity contribution in [3.8, 4) is 0 Å². The third-order valence-electron chi connectivity index (χ3n) is 8.90. The van der Waals surface area contributed by atoms with E-state index in [0.717, 1.165) is 51.4 Å². The standard InChI is InChI=1S/C40H75NO5/c1-3-5-7-9-11-13-14-15-16-17-18-19-20-21-22-23-24-25-26-28-30-32-34-38(44)40(46)41-36(35-42)39(45)37(43)33-31-29-27-12-10-8-6-4-2/h4,6,12,21-22,27,36-39,42-45H,3,5,7-11,13-20,23-26,28-35H2,1-2H3,(H,41,46)/b6-4+,22-21-,27-12+. The fraction of sp³-hybridized carbons (Fsp3) is 0.825. The predicted octanol–water partition coefficient (Wildman–Crippen LogP) is 9.40. The van der Waals surface area contributed by atoms with Crippen LogP contribution in [0.4, 0.5) is 0 Å². The van der Waals surface area contributed by atoms with E-state index in [0.29, 0.717) is 19.3 Å². The van der Waals surface area contributed by atoms with Gasteiger partial charge in [-0.25, -0.2) is 0 Å². The summed E-state index contributed by atoms with van der Waals surface area (Å²) in [5.74, 6) is -0.607. The molecule has 0 aromatic rings. The number of carbonyl (C=O) groups excluding carboxylic acids is 1. The monoisotopic (exact) mass is 650 g/mol. The van der Waals surface area contributed by atoms with Gasteiger partial charge in [0.1, 0.15) is 12.2 Å². The van der Waals surface area contributed by atoms with Gasteiger partial charge in [-0.3, -0.25) is 4.79 Å². The van der Waals surface area contributed by atoms with Crippen LogP contribution < -0.4 is 5.32 Å². The summed E-state index contributed by atoms with van der Waals surface area (Å²) >= 11 is 0. The number of carbonyl (C=O) groups is 1. The molecule has 0 saturated carbocycles. The van der Waals surface area contributed by atoms with E-state index in [4.69, 9.17) is 0 Å². The Morgan fingerprint density at radius 3 is 1.50 bits per heavy atom. The number of aliphatic hydroxyl groups excluding tert-OH is 4. The van der Waals surface area contributed by atoms with Gasteiger partial charge in [-0.15, -0.1) is 0 Å². The summed E-state index contributed by atoms with van der Waals surface area (Å²) < 4.78 is 0. The fourth-order valence-corrected chi connectivity index (χ4v) is 5.77. The highest BCUT2D eigenvalue weighted by molar-refractivity contribution is 5.80. The zero-order valence-electron chi connectivity index (χ0n) is 30.1. The predicted molar refractivity (Wildman–Crippen MR) is 196 cm³/mol. The average molecular weight is 650 g/mol. The minimum Gasteiger partial charge on any atom is -0.394 e. The first-order chi connectivity index (χ1) is 22.5. The van der Waals surface area contributed by atoms with Crippen LogP contribution in [0.5, 0.6) is 0 Å². The Morgan fingerprint density at radius 1 is 0.565 bits per heavy atom. The molecule has 0 radical (unpaired) electrons. The Labute approximate surface area is 284 Å². The second kappa shape index (κ2) is 34.9. The molecule has 0 rings (SSSR count). The zero-order valence-corrected chi connectivity index (χ0v) is 30.1. The largest absolute Gasteiger partial charge is 0.394 e. The highest BCUT2D eigenvalue weighted by Crippen LogP contribution is 2.14. The number of amides is 1. The molecule has 0 fully saturated rings. The maximum atomic E-state index is 12.4. The molecule has 0 aliphatic rings. The highest BCUT2D eigenvalue weighted by Gasteiger charge is 2.28. The lowest BCUT2D eigenvalue weighted by molar-refractivity contribution is -0.132. The van der Waals surface area contributed by atoms with Gasteiger partial charge in [0.25, 0.3) is 0 Å². The minimum absolute atomic E-state index is 0.352. The molecule has 6 nitrogen and oxygen atoms in total. The molecule has 0 spiro atoms. The number of nitrogens with one attached hydrogen (secondary N) is 1. The van der Waals surface area contributed by atoms with Crippen LogP contribution in [0.15, 0.2) is 36.5 Å². The van der Waals surface area contributed by atoms with E-state index >= 15 is 0 Å². The van der Waals surface area contributed by atoms with Crippen LogP contribution in [0.25, 0.3) is 0 Å². The Bertz CT molecular complexity index is 737. The summed E-state index contributed by atoms with van der Waals surface area (Å²) in [6.45, 7) is 3.78. The molecule has 0 aliphatic carbocycles. The first-order valence-corrected chi connectivity index (χ1v) is 19.3. The van der Waals surface area contributed by atoms with E-state index in [1.54, 1.807) is 0 Å². The van der Waals surface area contributed by atoms with Gasteiger partial charge in [0.15, 0.2) is 0 Å². The van der Waals surface area contributed by atoms with Crippen LogP contribution in [0.1, 0.15) is 181 Å². The molecule has 6 heteroatoms. The number of unbranched alkanes of at least 4 members (excludes halogenated alkanes) is 20. The molecule has 5 N–H and O–H groups in total. The maximum absolute atomic E-state index is 12.4. The fourth-order valence-electron chi connectivity index (χ4n) is 5.77. The second-order valence-corrected chi connectivity index (χ2v) is 13.3. The van der Waals surface area contributed by atoms with E-state index in [1.165, 1.54) is 96.3 Å². The molecule has 0 aliphatic heterocycles. The molecule has 46 heavy (non-hydrogen) atoms. The Balaban J connectivity index is 3.73. The van der Waals surface area contributed by atoms with E-state index in [1.807, 2.05) is 13.0 Å². The van der Waals surface area contributed by atoms with E-state index in [9.17, 15) is 25.2 Å². The molecule has 0 saturated heterocycles. The van der Waals surface area contributed by atoms with Crippen molar-refractivity contribution < 1.29 is 25.2 Å². The van der Waals surface area contributed by atoms with Crippen LogP contribution >= 0.6 is 0 Å². The molecule has 0 aromatic heterocycles. The third-order valence-corrected chi connectivity index (χ3v) is 8.90. The lowest BCUT2D eigenvalue weighted by Gasteiger charge is -2.27. The van der Waals surface area contributed by atoms with E-state index < -0.39 is 36.9 Å². The van der Waals surface area contributed by atoms with Gasteiger partial charge in [0.05, 0.1) is 18.8 Å². The van der Waals surface area contributed by atoms with Gasteiger partial charge >= 0.3 is 0 Å². The molecule has 0 heterocycles. The van der Waals surface area contributed by atoms with Crippen molar-refractivity contribution in [3.63, 3.8) is 0 Å². The average Bonchev–Trinajstić information content (AvgIpc) is 3.06. The second-order valence-electron chi connectivity index (χ2n) is 13.3. The SMILES string of the molecule is C/C=C/CC/C=C/CCCC(O)C(O)C(CO)NC(=O)C(O)CCCCCCCC/C=C\CCCCCCCCCCCCCC. The first kappa shape index (κ1) is 44.5. The molecule has 0 bridgehead atoms. The third kappa shape index (κ3) is 28.7. The summed E-state index contributed by atoms with van der Waals surface area (Å²) in [5, 5.41) is 43.2. The van der Waals surface area contributed by atoms with Crippen molar-refractivity contribution in [2.24, 2.45) is 0 Å². The Kier molecular flexibility index (Phi) is 33.7. The molecule has 270 valence electrons. The lowest BCUT2D eigenvalue weighted by Crippen LogP contribution is -2.53. The Hall–Kier alpha value is -1.47. The Morgan fingerprint density at radius 2 is 1.00 bits per heavy atom. The van der Waals surface area contributed by atoms with E-state index in [-0.39, 0.29) is 0 Å². The minimum atomic E-state index is -1.29. The summed E-state index contributed by atoms with van der Waals surface area (Å²) in [7, 11) is 0. The molecular weight excluding hydrogens is 574 g/mol. The number of hydrogen-bond donors (Lipinski definition) is 5. The number of hydrogen-bond acceptors (Lipinski definition) is 5. The maximum Gasteiger partial charge on any atom is 0.249 e. The van der Waals surface area contributed by atoms with Crippen LogP contribution in [-0.4, -0.2) is 57.3 Å². The summed E-state index contributed by atoms with van der Waals surface area (Å²) in [6, 6.07) is -1.01. The van der Waals surface area contributed by atoms with Crippen molar-refractivity contribution in [2.75, 3.05) is 6.61 Å².